The summed E-state index contributed by atoms with van der Waals surface area (Å²) in [5.74, 6) is 0. The average Bonchev–Trinajstić information content (AvgIpc) is 2.81. The molecule has 1 fully saturated rings. The lowest BCUT2D eigenvalue weighted by atomic mass is 9.96. The number of thioether (sulfide) groups is 1. The van der Waals surface area contributed by atoms with Crippen LogP contribution in [-0.4, -0.2) is 9.91 Å². The number of nitrogens with zero attached hydrogens (tertiary/aromatic N) is 1. The third-order valence-corrected chi connectivity index (χ3v) is 5.52. The van der Waals surface area contributed by atoms with Crippen molar-refractivity contribution in [3.8, 4) is 0 Å². The first kappa shape index (κ1) is 13.0. The predicted octanol–water partition coefficient (Wildman–Crippen LogP) is 4.43. The molecule has 1 aliphatic carbocycles. The highest BCUT2D eigenvalue weighted by Crippen LogP contribution is 2.41. The predicted molar refractivity (Wildman–Crippen MR) is 83.5 cm³/mol. The van der Waals surface area contributed by atoms with Gasteiger partial charge in [-0.3, -0.25) is 5.43 Å². The van der Waals surface area contributed by atoms with Crippen molar-refractivity contribution in [1.29, 1.82) is 0 Å². The lowest BCUT2D eigenvalue weighted by Gasteiger charge is -2.29. The number of hydrazone groups is 1. The Bertz CT molecular complexity index is 456. The quantitative estimate of drug-likeness (QED) is 0.819. The Morgan fingerprint density at radius 1 is 1.00 bits per heavy atom. The van der Waals surface area contributed by atoms with Gasteiger partial charge in [-0.2, -0.15) is 5.10 Å². The van der Waals surface area contributed by atoms with Crippen LogP contribution in [0, 0.1) is 6.92 Å². The lowest BCUT2D eigenvalue weighted by molar-refractivity contribution is 0.369. The topological polar surface area (TPSA) is 24.4 Å². The molecule has 1 N–H and O–H groups in total. The Balaban J connectivity index is 1.72. The van der Waals surface area contributed by atoms with Crippen molar-refractivity contribution in [1.82, 2.24) is 5.43 Å². The zero-order valence-corrected chi connectivity index (χ0v) is 12.4. The van der Waals surface area contributed by atoms with Gasteiger partial charge in [-0.1, -0.05) is 73.7 Å². The molecular weight excluding hydrogens is 252 g/mol. The van der Waals surface area contributed by atoms with Gasteiger partial charge in [0.25, 0.3) is 0 Å². The zero-order chi connectivity index (χ0) is 13.1. The summed E-state index contributed by atoms with van der Waals surface area (Å²) in [7, 11) is 0. The summed E-state index contributed by atoms with van der Waals surface area (Å²) in [6.07, 6.45) is 9.32. The highest BCUT2D eigenvalue weighted by Gasteiger charge is 2.36. The summed E-state index contributed by atoms with van der Waals surface area (Å²) >= 11 is 1.95. The van der Waals surface area contributed by atoms with Crippen LogP contribution >= 0.6 is 11.8 Å². The maximum atomic E-state index is 4.61. The number of rotatable bonds is 1. The Kier molecular flexibility index (Phi) is 3.83. The van der Waals surface area contributed by atoms with Gasteiger partial charge in [-0.15, -0.1) is 0 Å². The molecule has 0 saturated heterocycles. The molecular formula is C16H22N2S. The number of aryl methyl sites for hydroxylation is 1. The van der Waals surface area contributed by atoms with Crippen LogP contribution < -0.4 is 5.43 Å². The molecule has 0 atom stereocenters. The van der Waals surface area contributed by atoms with E-state index in [1.807, 2.05) is 11.8 Å². The molecule has 19 heavy (non-hydrogen) atoms. The van der Waals surface area contributed by atoms with Gasteiger partial charge < -0.3 is 0 Å². The molecule has 1 saturated carbocycles. The number of nitrogens with one attached hydrogen (secondary N) is 1. The van der Waals surface area contributed by atoms with Gasteiger partial charge in [-0.05, 0) is 19.8 Å². The second-order valence-electron chi connectivity index (χ2n) is 5.76. The van der Waals surface area contributed by atoms with E-state index in [0.717, 1.165) is 0 Å². The third-order valence-electron chi connectivity index (χ3n) is 4.11. The summed E-state index contributed by atoms with van der Waals surface area (Å²) < 4.78 is 0. The Hall–Kier alpha value is -0.960. The number of hydrogen-bond acceptors (Lipinski definition) is 3. The van der Waals surface area contributed by atoms with Crippen molar-refractivity contribution < 1.29 is 0 Å². The molecule has 102 valence electrons. The van der Waals surface area contributed by atoms with Crippen LogP contribution in [0.3, 0.4) is 0 Å². The van der Waals surface area contributed by atoms with Crippen molar-refractivity contribution in [2.45, 2.75) is 56.7 Å². The van der Waals surface area contributed by atoms with Gasteiger partial charge in [0.05, 0.1) is 0 Å². The smallest absolute Gasteiger partial charge is 0.126 e. The maximum absolute atomic E-state index is 4.61. The molecule has 1 aromatic carbocycles. The molecule has 0 bridgehead atoms. The second kappa shape index (κ2) is 5.58. The van der Waals surface area contributed by atoms with E-state index < -0.39 is 0 Å². The van der Waals surface area contributed by atoms with E-state index >= 15 is 0 Å². The van der Waals surface area contributed by atoms with Crippen molar-refractivity contribution in [3.05, 3.63) is 35.4 Å². The maximum Gasteiger partial charge on any atom is 0.126 e. The third kappa shape index (κ3) is 2.97. The van der Waals surface area contributed by atoms with Crippen molar-refractivity contribution >= 4 is 16.8 Å². The fraction of sp³-hybridized carbons (Fsp3) is 0.562. The molecule has 1 heterocycles. The fourth-order valence-electron chi connectivity index (χ4n) is 2.89. The van der Waals surface area contributed by atoms with Crippen LogP contribution in [0.25, 0.3) is 0 Å². The van der Waals surface area contributed by atoms with Gasteiger partial charge in [-0.25, -0.2) is 0 Å². The Labute approximate surface area is 120 Å². The minimum atomic E-state index is 0.181. The SMILES string of the molecule is Cc1ccc(C2=NNC3(CCCCCCC3)S2)cc1. The standard InChI is InChI=1S/C16H22N2S/c1-13-7-9-14(10-8-13)15-17-18-16(19-15)11-5-3-2-4-6-12-16/h7-10,18H,2-6,11-12H2,1H3. The Morgan fingerprint density at radius 3 is 2.32 bits per heavy atom. The molecule has 0 aromatic heterocycles. The van der Waals surface area contributed by atoms with E-state index in [0.29, 0.717) is 0 Å². The van der Waals surface area contributed by atoms with Crippen LogP contribution in [0.5, 0.6) is 0 Å². The molecule has 1 aliphatic heterocycles. The monoisotopic (exact) mass is 274 g/mol. The van der Waals surface area contributed by atoms with E-state index in [2.05, 4.69) is 41.7 Å². The summed E-state index contributed by atoms with van der Waals surface area (Å²) in [6, 6.07) is 8.71. The van der Waals surface area contributed by atoms with Crippen LogP contribution in [0.1, 0.15) is 56.1 Å². The van der Waals surface area contributed by atoms with Crippen molar-refractivity contribution in [3.63, 3.8) is 0 Å². The molecule has 0 amide bonds. The van der Waals surface area contributed by atoms with E-state index in [1.54, 1.807) is 0 Å². The van der Waals surface area contributed by atoms with Gasteiger partial charge in [0.1, 0.15) is 9.91 Å². The first-order chi connectivity index (χ1) is 9.27. The van der Waals surface area contributed by atoms with Gasteiger partial charge in [0, 0.05) is 5.56 Å². The largest absolute Gasteiger partial charge is 0.292 e. The average molecular weight is 274 g/mol. The summed E-state index contributed by atoms with van der Waals surface area (Å²) in [5, 5.41) is 5.78. The summed E-state index contributed by atoms with van der Waals surface area (Å²) in [6.45, 7) is 2.13. The fourth-order valence-corrected chi connectivity index (χ4v) is 4.19. The first-order valence-corrected chi connectivity index (χ1v) is 8.20. The molecule has 3 rings (SSSR count). The number of benzene rings is 1. The van der Waals surface area contributed by atoms with Crippen LogP contribution in [0.4, 0.5) is 0 Å². The van der Waals surface area contributed by atoms with Gasteiger partial charge >= 0.3 is 0 Å². The molecule has 0 unspecified atom stereocenters. The van der Waals surface area contributed by atoms with E-state index in [4.69, 9.17) is 0 Å². The molecule has 1 aromatic rings. The first-order valence-electron chi connectivity index (χ1n) is 7.38. The minimum Gasteiger partial charge on any atom is -0.292 e. The van der Waals surface area contributed by atoms with Crippen LogP contribution in [0.15, 0.2) is 29.4 Å². The van der Waals surface area contributed by atoms with E-state index in [1.165, 1.54) is 61.1 Å². The normalized spacial score (nSPS) is 22.5. The van der Waals surface area contributed by atoms with E-state index in [9.17, 15) is 0 Å². The molecule has 2 aliphatic rings. The van der Waals surface area contributed by atoms with Crippen LogP contribution in [0.2, 0.25) is 0 Å². The minimum absolute atomic E-state index is 0.181. The zero-order valence-electron chi connectivity index (χ0n) is 11.6. The molecule has 2 nitrogen and oxygen atoms in total. The summed E-state index contributed by atoms with van der Waals surface area (Å²) in [5.41, 5.74) is 6.01. The summed E-state index contributed by atoms with van der Waals surface area (Å²) in [4.78, 5) is 0.181. The molecule has 1 spiro atoms. The lowest BCUT2D eigenvalue weighted by Crippen LogP contribution is -2.36. The van der Waals surface area contributed by atoms with Crippen molar-refractivity contribution in [2.24, 2.45) is 5.10 Å². The van der Waals surface area contributed by atoms with Gasteiger partial charge in [0.15, 0.2) is 0 Å². The van der Waals surface area contributed by atoms with Crippen molar-refractivity contribution in [2.75, 3.05) is 0 Å². The van der Waals surface area contributed by atoms with Gasteiger partial charge in [0.2, 0.25) is 0 Å². The number of hydrogen-bond donors (Lipinski definition) is 1. The highest BCUT2D eigenvalue weighted by atomic mass is 32.2. The molecule has 0 radical (unpaired) electrons. The van der Waals surface area contributed by atoms with Crippen LogP contribution in [-0.2, 0) is 0 Å². The molecule has 3 heteroatoms. The van der Waals surface area contributed by atoms with E-state index in [-0.39, 0.29) is 4.87 Å². The Morgan fingerprint density at radius 2 is 1.63 bits per heavy atom. The second-order valence-corrected chi connectivity index (χ2v) is 7.13. The highest BCUT2D eigenvalue weighted by molar-refractivity contribution is 8.15.